The summed E-state index contributed by atoms with van der Waals surface area (Å²) in [5.74, 6) is -3.30. The number of benzene rings is 2. The van der Waals surface area contributed by atoms with Crippen LogP contribution in [0.5, 0.6) is 0 Å². The Morgan fingerprint density at radius 1 is 1.08 bits per heavy atom. The highest BCUT2D eigenvalue weighted by Crippen LogP contribution is 2.30. The monoisotopic (exact) mass is 356 g/mol. The van der Waals surface area contributed by atoms with Crippen LogP contribution in [-0.4, -0.2) is 21.6 Å². The fraction of sp³-hybridized carbons (Fsp3) is 0.0556. The lowest BCUT2D eigenvalue weighted by Gasteiger charge is -2.08. The van der Waals surface area contributed by atoms with Crippen molar-refractivity contribution >= 4 is 17.6 Å². The predicted molar refractivity (Wildman–Crippen MR) is 91.5 cm³/mol. The number of nitrogens with zero attached hydrogens (tertiary/aromatic N) is 2. The van der Waals surface area contributed by atoms with Gasteiger partial charge in [0, 0.05) is 29.9 Å². The summed E-state index contributed by atoms with van der Waals surface area (Å²) in [6.07, 6.45) is 1.61. The van der Waals surface area contributed by atoms with E-state index in [1.807, 2.05) is 0 Å². The van der Waals surface area contributed by atoms with E-state index >= 15 is 0 Å². The van der Waals surface area contributed by atoms with Crippen molar-refractivity contribution in [3.63, 3.8) is 0 Å². The molecule has 2 aromatic carbocycles. The Labute approximate surface area is 147 Å². The number of carbonyl (C=O) groups is 2. The highest BCUT2D eigenvalue weighted by Gasteiger charge is 2.18. The molecule has 3 N–H and O–H groups in total. The third kappa shape index (κ3) is 3.30. The van der Waals surface area contributed by atoms with Crippen LogP contribution in [0.2, 0.25) is 0 Å². The molecular weight excluding hydrogens is 342 g/mol. The van der Waals surface area contributed by atoms with Crippen molar-refractivity contribution in [1.82, 2.24) is 9.78 Å². The smallest absolute Gasteiger partial charge is 0.256 e. The van der Waals surface area contributed by atoms with Crippen molar-refractivity contribution in [3.05, 3.63) is 71.4 Å². The number of aromatic nitrogens is 2. The summed E-state index contributed by atoms with van der Waals surface area (Å²) in [5.41, 5.74) is 6.57. The summed E-state index contributed by atoms with van der Waals surface area (Å²) < 4.78 is 27.8. The molecule has 26 heavy (non-hydrogen) atoms. The lowest BCUT2D eigenvalue weighted by molar-refractivity contribution is 0.0998. The molecule has 1 heterocycles. The van der Waals surface area contributed by atoms with Crippen molar-refractivity contribution in [2.45, 2.75) is 0 Å². The van der Waals surface area contributed by atoms with Crippen LogP contribution in [0.3, 0.4) is 0 Å². The number of hydrogen-bond acceptors (Lipinski definition) is 3. The normalized spacial score (nSPS) is 10.6. The third-order valence-electron chi connectivity index (χ3n) is 3.73. The summed E-state index contributed by atoms with van der Waals surface area (Å²) in [7, 11) is 1.64. The first-order valence-electron chi connectivity index (χ1n) is 7.56. The largest absolute Gasteiger partial charge is 0.366 e. The molecule has 0 saturated heterocycles. The lowest BCUT2D eigenvalue weighted by atomic mass is 10.0. The molecule has 0 saturated carbocycles. The maximum absolute atomic E-state index is 13.3. The van der Waals surface area contributed by atoms with Gasteiger partial charge in [-0.1, -0.05) is 18.2 Å². The third-order valence-corrected chi connectivity index (χ3v) is 3.73. The Hall–Kier alpha value is -3.55. The van der Waals surface area contributed by atoms with Gasteiger partial charge in [0.1, 0.15) is 0 Å². The zero-order valence-electron chi connectivity index (χ0n) is 13.7. The summed E-state index contributed by atoms with van der Waals surface area (Å²) in [5, 5.41) is 6.70. The van der Waals surface area contributed by atoms with Crippen LogP contribution in [0.25, 0.3) is 11.1 Å². The van der Waals surface area contributed by atoms with E-state index < -0.39 is 23.4 Å². The zero-order valence-corrected chi connectivity index (χ0v) is 13.7. The van der Waals surface area contributed by atoms with Gasteiger partial charge in [-0.3, -0.25) is 14.3 Å². The van der Waals surface area contributed by atoms with Gasteiger partial charge >= 0.3 is 0 Å². The van der Waals surface area contributed by atoms with E-state index in [4.69, 9.17) is 5.73 Å². The quantitative estimate of drug-likeness (QED) is 0.753. The second-order valence-corrected chi connectivity index (χ2v) is 5.56. The van der Waals surface area contributed by atoms with Crippen molar-refractivity contribution < 1.29 is 18.4 Å². The molecule has 3 aromatic rings. The Morgan fingerprint density at radius 2 is 1.81 bits per heavy atom. The number of primary amides is 1. The van der Waals surface area contributed by atoms with Gasteiger partial charge in [0.05, 0.1) is 0 Å². The van der Waals surface area contributed by atoms with Gasteiger partial charge in [-0.25, -0.2) is 8.78 Å². The zero-order chi connectivity index (χ0) is 18.8. The Bertz CT molecular complexity index is 1010. The molecule has 132 valence electrons. The first-order valence-corrected chi connectivity index (χ1v) is 7.56. The number of nitrogens with one attached hydrogen (secondary N) is 1. The second-order valence-electron chi connectivity index (χ2n) is 5.56. The summed E-state index contributed by atoms with van der Waals surface area (Å²) in [6, 6.07) is 9.44. The summed E-state index contributed by atoms with van der Waals surface area (Å²) in [6.45, 7) is 0. The number of anilines is 1. The van der Waals surface area contributed by atoms with Gasteiger partial charge in [-0.05, 0) is 29.8 Å². The minimum Gasteiger partial charge on any atom is -0.366 e. The van der Waals surface area contributed by atoms with Crippen LogP contribution in [-0.2, 0) is 7.05 Å². The van der Waals surface area contributed by atoms with Crippen molar-refractivity contribution in [2.75, 3.05) is 5.32 Å². The van der Waals surface area contributed by atoms with Gasteiger partial charge in [0.2, 0.25) is 5.91 Å². The number of halogens is 2. The Morgan fingerprint density at radius 3 is 2.50 bits per heavy atom. The van der Waals surface area contributed by atoms with Gasteiger partial charge in [-0.15, -0.1) is 0 Å². The molecule has 0 aliphatic heterocycles. The first-order chi connectivity index (χ1) is 12.4. The minimum atomic E-state index is -1.13. The molecule has 0 atom stereocenters. The number of carbonyl (C=O) groups excluding carboxylic acids is 2. The molecule has 1 aromatic heterocycles. The Kier molecular flexibility index (Phi) is 4.49. The molecule has 6 nitrogen and oxygen atoms in total. The molecule has 0 bridgehead atoms. The minimum absolute atomic E-state index is 0.0660. The van der Waals surface area contributed by atoms with Gasteiger partial charge < -0.3 is 11.1 Å². The maximum atomic E-state index is 13.3. The molecule has 0 spiro atoms. The molecule has 8 heteroatoms. The summed E-state index contributed by atoms with van der Waals surface area (Å²) >= 11 is 0. The number of hydrogen-bond donors (Lipinski definition) is 2. The second kappa shape index (κ2) is 6.75. The maximum Gasteiger partial charge on any atom is 0.256 e. The predicted octanol–water partition coefficient (Wildman–Crippen LogP) is 2.72. The molecule has 0 aliphatic carbocycles. The SMILES string of the molecule is Cn1cc(-c2ccccc2C(N)=O)c(NC(=O)c2ccc(F)c(F)c2)n1. The molecule has 0 aliphatic rings. The topological polar surface area (TPSA) is 90.0 Å². The van der Waals surface area contributed by atoms with E-state index in [2.05, 4.69) is 10.4 Å². The lowest BCUT2D eigenvalue weighted by Crippen LogP contribution is -2.15. The van der Waals surface area contributed by atoms with Gasteiger partial charge in [0.25, 0.3) is 5.91 Å². The number of rotatable bonds is 4. The number of amides is 2. The van der Waals surface area contributed by atoms with E-state index in [0.29, 0.717) is 11.1 Å². The van der Waals surface area contributed by atoms with E-state index in [1.165, 1.54) is 4.68 Å². The van der Waals surface area contributed by atoms with Crippen LogP contribution >= 0.6 is 0 Å². The number of nitrogens with two attached hydrogens (primary N) is 1. The van der Waals surface area contributed by atoms with Crippen LogP contribution in [0.1, 0.15) is 20.7 Å². The van der Waals surface area contributed by atoms with E-state index in [-0.39, 0.29) is 16.9 Å². The van der Waals surface area contributed by atoms with E-state index in [0.717, 1.165) is 18.2 Å². The van der Waals surface area contributed by atoms with Crippen LogP contribution < -0.4 is 11.1 Å². The van der Waals surface area contributed by atoms with Crippen LogP contribution in [0.15, 0.2) is 48.7 Å². The highest BCUT2D eigenvalue weighted by atomic mass is 19.2. The highest BCUT2D eigenvalue weighted by molar-refractivity contribution is 6.07. The van der Waals surface area contributed by atoms with Crippen molar-refractivity contribution in [1.29, 1.82) is 0 Å². The standard InChI is InChI=1S/C18H14F2N4O2/c1-24-9-13(11-4-2-3-5-12(11)16(21)25)17(23-24)22-18(26)10-6-7-14(19)15(20)8-10/h2-9H,1H3,(H2,21,25)(H,22,23,26). The average molecular weight is 356 g/mol. The molecule has 3 rings (SSSR count). The van der Waals surface area contributed by atoms with Crippen LogP contribution in [0.4, 0.5) is 14.6 Å². The molecule has 0 radical (unpaired) electrons. The molecule has 2 amide bonds. The van der Waals surface area contributed by atoms with E-state index in [1.54, 1.807) is 37.5 Å². The fourth-order valence-corrected chi connectivity index (χ4v) is 2.53. The van der Waals surface area contributed by atoms with Gasteiger partial charge in [-0.2, -0.15) is 5.10 Å². The van der Waals surface area contributed by atoms with Crippen molar-refractivity contribution in [2.24, 2.45) is 12.8 Å². The van der Waals surface area contributed by atoms with Gasteiger partial charge in [0.15, 0.2) is 17.5 Å². The number of aryl methyl sites for hydroxylation is 1. The van der Waals surface area contributed by atoms with Crippen LogP contribution in [0, 0.1) is 11.6 Å². The van der Waals surface area contributed by atoms with E-state index in [9.17, 15) is 18.4 Å². The van der Waals surface area contributed by atoms with Crippen molar-refractivity contribution in [3.8, 4) is 11.1 Å². The molecule has 0 unspecified atom stereocenters. The first kappa shape index (κ1) is 17.3. The summed E-state index contributed by atoms with van der Waals surface area (Å²) in [4.78, 5) is 24.0. The fourth-order valence-electron chi connectivity index (χ4n) is 2.53. The Balaban J connectivity index is 1.99. The molecule has 0 fully saturated rings. The average Bonchev–Trinajstić information content (AvgIpc) is 2.97. The molecular formula is C18H14F2N4O2.